The number of amides is 1. The highest BCUT2D eigenvalue weighted by atomic mass is 16.6. The number of allylic oxidation sites excluding steroid dienone is 1. The molecule has 0 bridgehead atoms. The van der Waals surface area contributed by atoms with Crippen molar-refractivity contribution in [2.45, 2.75) is 51.9 Å². The fourth-order valence-electron chi connectivity index (χ4n) is 2.78. The van der Waals surface area contributed by atoms with E-state index in [1.54, 1.807) is 32.9 Å². The molecule has 2 rings (SSSR count). The number of ether oxygens (including phenoxy) is 1. The van der Waals surface area contributed by atoms with Gasteiger partial charge in [-0.25, -0.2) is 4.79 Å². The molecule has 1 aromatic rings. The van der Waals surface area contributed by atoms with Crippen LogP contribution >= 0.6 is 0 Å². The third kappa shape index (κ3) is 4.76. The van der Waals surface area contributed by atoms with Crippen molar-refractivity contribution in [2.75, 3.05) is 0 Å². The first-order valence-electron chi connectivity index (χ1n) is 8.05. The molecule has 0 saturated heterocycles. The van der Waals surface area contributed by atoms with E-state index in [0.29, 0.717) is 17.6 Å². The molecule has 0 saturated carbocycles. The van der Waals surface area contributed by atoms with Crippen LogP contribution in [0.1, 0.15) is 39.7 Å². The molecule has 1 heterocycles. The third-order valence-electron chi connectivity index (χ3n) is 3.90. The lowest BCUT2D eigenvalue weighted by molar-refractivity contribution is -0.385. The summed E-state index contributed by atoms with van der Waals surface area (Å²) in [6.45, 7) is 7.06. The van der Waals surface area contributed by atoms with Crippen molar-refractivity contribution in [2.24, 2.45) is 5.92 Å². The number of pyridine rings is 1. The molecule has 0 aliphatic heterocycles. The van der Waals surface area contributed by atoms with Crippen molar-refractivity contribution in [3.63, 3.8) is 0 Å². The zero-order chi connectivity index (χ0) is 18.8. The molecule has 1 aliphatic rings. The van der Waals surface area contributed by atoms with Crippen LogP contribution in [-0.2, 0) is 4.74 Å². The minimum absolute atomic E-state index is 0.103. The van der Waals surface area contributed by atoms with Gasteiger partial charge in [-0.3, -0.25) is 15.1 Å². The van der Waals surface area contributed by atoms with Crippen LogP contribution in [-0.4, -0.2) is 38.9 Å². The Balaban J connectivity index is 2.31. The number of rotatable bonds is 3. The Kier molecular flexibility index (Phi) is 5.42. The monoisotopic (exact) mass is 349 g/mol. The Bertz CT molecular complexity index is 696. The zero-order valence-electron chi connectivity index (χ0n) is 14.7. The molecule has 1 amide bonds. The van der Waals surface area contributed by atoms with Gasteiger partial charge < -0.3 is 15.2 Å². The molecular formula is C17H23N3O5. The first kappa shape index (κ1) is 18.9. The van der Waals surface area contributed by atoms with Crippen LogP contribution in [0.4, 0.5) is 10.5 Å². The zero-order valence-corrected chi connectivity index (χ0v) is 14.7. The molecule has 136 valence electrons. The summed E-state index contributed by atoms with van der Waals surface area (Å²) >= 11 is 0. The number of hydrogen-bond acceptors (Lipinski definition) is 6. The molecule has 2 N–H and O–H groups in total. The molecule has 1 aliphatic carbocycles. The highest BCUT2D eigenvalue weighted by Crippen LogP contribution is 2.35. The van der Waals surface area contributed by atoms with E-state index in [1.807, 2.05) is 6.92 Å². The lowest BCUT2D eigenvalue weighted by atomic mass is 9.82. The highest BCUT2D eigenvalue weighted by Gasteiger charge is 2.33. The summed E-state index contributed by atoms with van der Waals surface area (Å²) in [7, 11) is 0. The van der Waals surface area contributed by atoms with Gasteiger partial charge in [0.25, 0.3) is 5.69 Å². The second-order valence-corrected chi connectivity index (χ2v) is 7.19. The summed E-state index contributed by atoms with van der Waals surface area (Å²) in [6.07, 6.45) is 3.33. The molecule has 8 nitrogen and oxygen atoms in total. The maximum Gasteiger partial charge on any atom is 0.408 e. The summed E-state index contributed by atoms with van der Waals surface area (Å²) in [4.78, 5) is 26.5. The van der Waals surface area contributed by atoms with Gasteiger partial charge >= 0.3 is 6.09 Å². The molecule has 8 heteroatoms. The van der Waals surface area contributed by atoms with Gasteiger partial charge in [0.15, 0.2) is 0 Å². The lowest BCUT2D eigenvalue weighted by Gasteiger charge is -2.33. The number of hydrogen-bond donors (Lipinski definition) is 2. The van der Waals surface area contributed by atoms with E-state index in [1.165, 1.54) is 12.4 Å². The number of aromatic nitrogens is 1. The van der Waals surface area contributed by atoms with E-state index in [4.69, 9.17) is 4.74 Å². The molecule has 3 atom stereocenters. The van der Waals surface area contributed by atoms with Crippen molar-refractivity contribution in [1.82, 2.24) is 10.3 Å². The van der Waals surface area contributed by atoms with Crippen LogP contribution in [0.15, 0.2) is 24.5 Å². The fourth-order valence-corrected chi connectivity index (χ4v) is 2.78. The quantitative estimate of drug-likeness (QED) is 0.640. The lowest BCUT2D eigenvalue weighted by Crippen LogP contribution is -2.48. The van der Waals surface area contributed by atoms with Crippen molar-refractivity contribution >= 4 is 17.4 Å². The van der Waals surface area contributed by atoms with E-state index in [9.17, 15) is 20.0 Å². The van der Waals surface area contributed by atoms with Crippen molar-refractivity contribution < 1.29 is 19.6 Å². The summed E-state index contributed by atoms with van der Waals surface area (Å²) in [5, 5.41) is 24.2. The van der Waals surface area contributed by atoms with E-state index in [0.717, 1.165) is 0 Å². The van der Waals surface area contributed by atoms with Crippen molar-refractivity contribution in [3.05, 3.63) is 40.2 Å². The number of aliphatic hydroxyl groups excluding tert-OH is 1. The summed E-state index contributed by atoms with van der Waals surface area (Å²) in [5.41, 5.74) is 0.363. The Morgan fingerprint density at radius 1 is 1.48 bits per heavy atom. The molecule has 25 heavy (non-hydrogen) atoms. The second kappa shape index (κ2) is 7.18. The van der Waals surface area contributed by atoms with Crippen molar-refractivity contribution in [1.29, 1.82) is 0 Å². The Morgan fingerprint density at radius 3 is 2.76 bits per heavy atom. The highest BCUT2D eigenvalue weighted by molar-refractivity contribution is 5.75. The Labute approximate surface area is 146 Å². The van der Waals surface area contributed by atoms with E-state index < -0.39 is 28.8 Å². The number of nitro groups is 1. The van der Waals surface area contributed by atoms with Crippen LogP contribution in [0.25, 0.3) is 5.57 Å². The maximum absolute atomic E-state index is 12.0. The van der Waals surface area contributed by atoms with E-state index >= 15 is 0 Å². The Morgan fingerprint density at radius 2 is 2.16 bits per heavy atom. The molecule has 0 spiro atoms. The molecular weight excluding hydrogens is 326 g/mol. The van der Waals surface area contributed by atoms with Gasteiger partial charge in [-0.2, -0.15) is 0 Å². The maximum atomic E-state index is 12.0. The van der Waals surface area contributed by atoms with Crippen LogP contribution in [0, 0.1) is 16.0 Å². The minimum atomic E-state index is -0.808. The molecule has 0 unspecified atom stereocenters. The largest absolute Gasteiger partial charge is 0.444 e. The number of aliphatic hydroxyl groups is 1. The first-order chi connectivity index (χ1) is 11.6. The summed E-state index contributed by atoms with van der Waals surface area (Å²) < 4.78 is 5.22. The second-order valence-electron chi connectivity index (χ2n) is 7.19. The van der Waals surface area contributed by atoms with E-state index in [2.05, 4.69) is 10.3 Å². The van der Waals surface area contributed by atoms with Crippen LogP contribution < -0.4 is 5.32 Å². The predicted octanol–water partition coefficient (Wildman–Crippen LogP) is 2.67. The SMILES string of the molecule is C[C@H]1CC(c2ccncc2[N+](=O)[O-])=C[C@@H](NC(=O)OC(C)(C)C)[C@@H]1O. The summed E-state index contributed by atoms with van der Waals surface area (Å²) in [5.74, 6) is -0.187. The van der Waals surface area contributed by atoms with Crippen LogP contribution in [0.2, 0.25) is 0 Å². The van der Waals surface area contributed by atoms with Gasteiger partial charge in [0, 0.05) is 6.20 Å². The van der Waals surface area contributed by atoms with Gasteiger partial charge in [-0.05, 0) is 44.7 Å². The normalized spacial score (nSPS) is 23.6. The van der Waals surface area contributed by atoms with Crippen molar-refractivity contribution in [3.8, 4) is 0 Å². The number of carbonyl (C=O) groups excluding carboxylic acids is 1. The van der Waals surface area contributed by atoms with Gasteiger partial charge in [-0.15, -0.1) is 0 Å². The smallest absolute Gasteiger partial charge is 0.408 e. The molecule has 0 fully saturated rings. The molecule has 0 aromatic carbocycles. The molecule has 0 radical (unpaired) electrons. The van der Waals surface area contributed by atoms with E-state index in [-0.39, 0.29) is 11.6 Å². The standard InChI is InChI=1S/C17H23N3O5/c1-10-7-11(12-5-6-18-9-14(12)20(23)24)8-13(15(10)21)19-16(22)25-17(2,3)4/h5-6,8-10,13,15,21H,7H2,1-4H3,(H,19,22)/t10-,13+,15+/m0/s1. The first-order valence-corrected chi connectivity index (χ1v) is 8.05. The third-order valence-corrected chi connectivity index (χ3v) is 3.90. The van der Waals surface area contributed by atoms with Crippen LogP contribution in [0.5, 0.6) is 0 Å². The fraction of sp³-hybridized carbons (Fsp3) is 0.529. The van der Waals surface area contributed by atoms with Gasteiger partial charge in [0.1, 0.15) is 11.8 Å². The van der Waals surface area contributed by atoms with Gasteiger partial charge in [-0.1, -0.05) is 13.0 Å². The predicted molar refractivity (Wildman–Crippen MR) is 91.8 cm³/mol. The number of carbonyl (C=O) groups is 1. The molecule has 1 aromatic heterocycles. The summed E-state index contributed by atoms with van der Waals surface area (Å²) in [6, 6.07) is 0.875. The number of nitrogens with one attached hydrogen (secondary N) is 1. The van der Waals surface area contributed by atoms with Crippen LogP contribution in [0.3, 0.4) is 0 Å². The average Bonchev–Trinajstić information content (AvgIpc) is 2.49. The van der Waals surface area contributed by atoms with Gasteiger partial charge in [0.05, 0.1) is 22.6 Å². The Hall–Kier alpha value is -2.48. The topological polar surface area (TPSA) is 115 Å². The average molecular weight is 349 g/mol. The van der Waals surface area contributed by atoms with Gasteiger partial charge in [0.2, 0.25) is 0 Å². The minimum Gasteiger partial charge on any atom is -0.444 e. The number of nitrogens with zero attached hydrogens (tertiary/aromatic N) is 2. The number of alkyl carbamates (subject to hydrolysis) is 1.